The average Bonchev–Trinajstić information content (AvgIpc) is 3.29. The molecule has 0 saturated heterocycles. The molecular formula is C30H29N3O2S. The SMILES string of the molecule is COc1ccccc1CCNC1CCc2c(sc3ncn(Cc4ccc5ccccc5c4)c(=O)c23)C1. The number of aryl methyl sites for hydroxylation is 1. The third kappa shape index (κ3) is 4.43. The molecule has 2 aromatic heterocycles. The number of hydrogen-bond donors (Lipinski definition) is 1. The van der Waals surface area contributed by atoms with Gasteiger partial charge < -0.3 is 10.1 Å². The molecule has 0 spiro atoms. The van der Waals surface area contributed by atoms with E-state index in [-0.39, 0.29) is 5.56 Å². The van der Waals surface area contributed by atoms with Gasteiger partial charge >= 0.3 is 0 Å². The zero-order valence-electron chi connectivity index (χ0n) is 20.4. The van der Waals surface area contributed by atoms with E-state index in [1.54, 1.807) is 29.3 Å². The van der Waals surface area contributed by atoms with Gasteiger partial charge in [0.1, 0.15) is 10.6 Å². The van der Waals surface area contributed by atoms with Crippen molar-refractivity contribution in [2.75, 3.05) is 13.7 Å². The molecule has 1 atom stereocenters. The van der Waals surface area contributed by atoms with Gasteiger partial charge in [0.25, 0.3) is 5.56 Å². The Hall–Kier alpha value is -3.48. The monoisotopic (exact) mass is 495 g/mol. The van der Waals surface area contributed by atoms with Crippen molar-refractivity contribution >= 4 is 32.3 Å². The van der Waals surface area contributed by atoms with Crippen molar-refractivity contribution in [1.82, 2.24) is 14.9 Å². The first kappa shape index (κ1) is 23.0. The Kier molecular flexibility index (Phi) is 6.30. The second kappa shape index (κ2) is 9.88. The zero-order valence-corrected chi connectivity index (χ0v) is 21.2. The summed E-state index contributed by atoms with van der Waals surface area (Å²) >= 11 is 1.69. The molecule has 0 bridgehead atoms. The van der Waals surface area contributed by atoms with Gasteiger partial charge in [0, 0.05) is 10.9 Å². The van der Waals surface area contributed by atoms with Gasteiger partial charge in [0.2, 0.25) is 0 Å². The van der Waals surface area contributed by atoms with Crippen LogP contribution in [0.2, 0.25) is 0 Å². The molecule has 1 aliphatic carbocycles. The quantitative estimate of drug-likeness (QED) is 0.330. The lowest BCUT2D eigenvalue weighted by Gasteiger charge is -2.23. The Morgan fingerprint density at radius 3 is 2.81 bits per heavy atom. The molecule has 5 nitrogen and oxygen atoms in total. The summed E-state index contributed by atoms with van der Waals surface area (Å²) in [4.78, 5) is 20.4. The summed E-state index contributed by atoms with van der Waals surface area (Å²) < 4.78 is 7.24. The predicted molar refractivity (Wildman–Crippen MR) is 147 cm³/mol. The van der Waals surface area contributed by atoms with Crippen LogP contribution in [-0.4, -0.2) is 29.2 Å². The highest BCUT2D eigenvalue weighted by Crippen LogP contribution is 2.33. The first-order valence-corrected chi connectivity index (χ1v) is 13.3. The standard InChI is InChI=1S/C30H29N3O2S/c1-35-26-9-5-4-7-22(26)14-15-31-24-12-13-25-27(17-24)36-29-28(25)30(34)33(19-32-29)18-20-10-11-21-6-2-3-8-23(21)16-20/h2-11,16,19,24,31H,12-15,17-18H2,1H3. The first-order valence-electron chi connectivity index (χ1n) is 12.5. The van der Waals surface area contributed by atoms with E-state index >= 15 is 0 Å². The van der Waals surface area contributed by atoms with E-state index < -0.39 is 0 Å². The normalized spacial score (nSPS) is 15.3. The summed E-state index contributed by atoms with van der Waals surface area (Å²) in [6, 6.07) is 23.3. The van der Waals surface area contributed by atoms with Gasteiger partial charge in [0.05, 0.1) is 25.4 Å². The summed E-state index contributed by atoms with van der Waals surface area (Å²) in [5.41, 5.74) is 3.62. The number of benzene rings is 3. The summed E-state index contributed by atoms with van der Waals surface area (Å²) in [6.45, 7) is 1.44. The smallest absolute Gasteiger partial charge is 0.262 e. The van der Waals surface area contributed by atoms with Gasteiger partial charge in [-0.05, 0) is 71.8 Å². The van der Waals surface area contributed by atoms with E-state index in [0.717, 1.165) is 53.8 Å². The van der Waals surface area contributed by atoms with E-state index in [0.29, 0.717) is 12.6 Å². The Morgan fingerprint density at radius 2 is 1.92 bits per heavy atom. The van der Waals surface area contributed by atoms with E-state index in [1.807, 2.05) is 24.3 Å². The predicted octanol–water partition coefficient (Wildman–Crippen LogP) is 5.36. The maximum atomic E-state index is 13.5. The van der Waals surface area contributed by atoms with Crippen molar-refractivity contribution in [2.45, 2.75) is 38.3 Å². The zero-order chi connectivity index (χ0) is 24.5. The molecule has 2 heterocycles. The first-order chi connectivity index (χ1) is 17.7. The van der Waals surface area contributed by atoms with Crippen LogP contribution in [0.5, 0.6) is 5.75 Å². The Morgan fingerprint density at radius 1 is 1.08 bits per heavy atom. The fourth-order valence-electron chi connectivity index (χ4n) is 5.34. The lowest BCUT2D eigenvalue weighted by Crippen LogP contribution is -2.35. The number of hydrogen-bond acceptors (Lipinski definition) is 5. The topological polar surface area (TPSA) is 56.1 Å². The highest BCUT2D eigenvalue weighted by Gasteiger charge is 2.25. The molecular weight excluding hydrogens is 466 g/mol. The van der Waals surface area contributed by atoms with Crippen LogP contribution in [0.4, 0.5) is 0 Å². The van der Waals surface area contributed by atoms with Crippen molar-refractivity contribution < 1.29 is 4.74 Å². The fourth-order valence-corrected chi connectivity index (χ4v) is 6.60. The number of para-hydroxylation sites is 1. The Labute approximate surface area is 214 Å². The number of nitrogens with zero attached hydrogens (tertiary/aromatic N) is 2. The lowest BCUT2D eigenvalue weighted by atomic mass is 9.93. The minimum Gasteiger partial charge on any atom is -0.496 e. The number of thiophene rings is 1. The summed E-state index contributed by atoms with van der Waals surface area (Å²) in [7, 11) is 1.72. The third-order valence-corrected chi connectivity index (χ3v) is 8.38. The van der Waals surface area contributed by atoms with E-state index in [1.165, 1.54) is 26.8 Å². The van der Waals surface area contributed by atoms with Gasteiger partial charge in [-0.3, -0.25) is 9.36 Å². The van der Waals surface area contributed by atoms with Crippen LogP contribution in [0.25, 0.3) is 21.0 Å². The largest absolute Gasteiger partial charge is 0.496 e. The molecule has 0 fully saturated rings. The minimum atomic E-state index is 0.0771. The molecule has 1 aliphatic rings. The van der Waals surface area contributed by atoms with Crippen molar-refractivity contribution in [1.29, 1.82) is 0 Å². The molecule has 3 aromatic carbocycles. The van der Waals surface area contributed by atoms with Crippen molar-refractivity contribution in [3.63, 3.8) is 0 Å². The van der Waals surface area contributed by atoms with E-state index in [2.05, 4.69) is 47.8 Å². The van der Waals surface area contributed by atoms with Gasteiger partial charge in [-0.25, -0.2) is 4.98 Å². The molecule has 0 saturated carbocycles. The molecule has 0 radical (unpaired) electrons. The van der Waals surface area contributed by atoms with Gasteiger partial charge in [-0.15, -0.1) is 11.3 Å². The Bertz CT molecular complexity index is 1600. The Balaban J connectivity index is 1.18. The van der Waals surface area contributed by atoms with Crippen LogP contribution in [0.15, 0.2) is 77.9 Å². The average molecular weight is 496 g/mol. The van der Waals surface area contributed by atoms with Gasteiger partial charge in [0.15, 0.2) is 0 Å². The van der Waals surface area contributed by atoms with Crippen molar-refractivity contribution in [2.24, 2.45) is 0 Å². The number of fused-ring (bicyclic) bond motifs is 4. The summed E-state index contributed by atoms with van der Waals surface area (Å²) in [5.74, 6) is 0.945. The third-order valence-electron chi connectivity index (χ3n) is 7.22. The van der Waals surface area contributed by atoms with Gasteiger partial charge in [-0.2, -0.15) is 0 Å². The molecule has 5 aromatic rings. The van der Waals surface area contributed by atoms with Crippen molar-refractivity contribution in [3.8, 4) is 5.75 Å². The number of nitrogens with one attached hydrogen (secondary N) is 1. The minimum absolute atomic E-state index is 0.0771. The van der Waals surface area contributed by atoms with Gasteiger partial charge in [-0.1, -0.05) is 54.6 Å². The van der Waals surface area contributed by atoms with Crippen LogP contribution < -0.4 is 15.6 Å². The van der Waals surface area contributed by atoms with E-state index in [9.17, 15) is 4.79 Å². The molecule has 6 rings (SSSR count). The second-order valence-electron chi connectivity index (χ2n) is 9.50. The molecule has 1 unspecified atom stereocenters. The summed E-state index contributed by atoms with van der Waals surface area (Å²) in [5, 5.41) is 6.95. The van der Waals surface area contributed by atoms with Crippen LogP contribution in [0.1, 0.15) is 28.0 Å². The highest BCUT2D eigenvalue weighted by molar-refractivity contribution is 7.18. The number of rotatable bonds is 7. The van der Waals surface area contributed by atoms with Crippen LogP contribution in [-0.2, 0) is 25.8 Å². The maximum absolute atomic E-state index is 13.5. The number of aromatic nitrogens is 2. The highest BCUT2D eigenvalue weighted by atomic mass is 32.1. The molecule has 36 heavy (non-hydrogen) atoms. The van der Waals surface area contributed by atoms with Crippen LogP contribution in [0, 0.1) is 0 Å². The van der Waals surface area contributed by atoms with Crippen LogP contribution >= 0.6 is 11.3 Å². The van der Waals surface area contributed by atoms with Crippen LogP contribution in [0.3, 0.4) is 0 Å². The van der Waals surface area contributed by atoms with E-state index in [4.69, 9.17) is 9.72 Å². The number of ether oxygens (including phenoxy) is 1. The fraction of sp³-hybridized carbons (Fsp3) is 0.267. The van der Waals surface area contributed by atoms with Crippen molar-refractivity contribution in [3.05, 3.63) is 105 Å². The molecule has 6 heteroatoms. The molecule has 1 N–H and O–H groups in total. The second-order valence-corrected chi connectivity index (χ2v) is 10.6. The molecule has 0 aliphatic heterocycles. The summed E-state index contributed by atoms with van der Waals surface area (Å²) in [6.07, 6.45) is 5.54. The molecule has 0 amide bonds. The molecule has 182 valence electrons. The lowest BCUT2D eigenvalue weighted by molar-refractivity contribution is 0.407. The number of methoxy groups -OCH3 is 1. The maximum Gasteiger partial charge on any atom is 0.262 e.